The van der Waals surface area contributed by atoms with E-state index >= 15 is 0 Å². The van der Waals surface area contributed by atoms with Crippen LogP contribution in [0.15, 0.2) is 18.5 Å². The number of nitrogens with zero attached hydrogens (tertiary/aromatic N) is 2. The van der Waals surface area contributed by atoms with Crippen LogP contribution in [-0.4, -0.2) is 21.0 Å². The summed E-state index contributed by atoms with van der Waals surface area (Å²) in [4.78, 5) is 20.1. The summed E-state index contributed by atoms with van der Waals surface area (Å²) in [6, 6.07) is 1.37. The summed E-state index contributed by atoms with van der Waals surface area (Å²) in [5, 5.41) is 12.9. The Morgan fingerprint density at radius 3 is 2.94 bits per heavy atom. The molecule has 0 atom stereocenters. The van der Waals surface area contributed by atoms with Crippen molar-refractivity contribution < 1.29 is 9.90 Å². The maximum atomic E-state index is 10.9. The third kappa shape index (κ3) is 2.57. The van der Waals surface area contributed by atoms with Crippen LogP contribution in [0.3, 0.4) is 0 Å². The lowest BCUT2D eigenvalue weighted by atomic mass is 10.2. The summed E-state index contributed by atoms with van der Waals surface area (Å²) in [5.74, 6) is -0.687. The minimum Gasteiger partial charge on any atom is -0.478 e. The molecule has 2 heterocycles. The maximum Gasteiger partial charge on any atom is 0.337 e. The monoisotopic (exact) mass is 264 g/mol. The molecule has 0 saturated heterocycles. The van der Waals surface area contributed by atoms with Crippen molar-refractivity contribution in [3.8, 4) is 0 Å². The van der Waals surface area contributed by atoms with Crippen molar-refractivity contribution in [2.24, 2.45) is 0 Å². The van der Waals surface area contributed by atoms with Gasteiger partial charge in [0.15, 0.2) is 0 Å². The van der Waals surface area contributed by atoms with Crippen LogP contribution in [0.5, 0.6) is 0 Å². The van der Waals surface area contributed by atoms with E-state index in [1.165, 1.54) is 12.3 Å². The van der Waals surface area contributed by atoms with Gasteiger partial charge in [0, 0.05) is 17.3 Å². The van der Waals surface area contributed by atoms with E-state index in [4.69, 9.17) is 10.8 Å². The minimum atomic E-state index is -1.06. The molecule has 0 aliphatic heterocycles. The largest absolute Gasteiger partial charge is 0.478 e. The van der Waals surface area contributed by atoms with Gasteiger partial charge in [-0.1, -0.05) is 0 Å². The summed E-state index contributed by atoms with van der Waals surface area (Å²) >= 11 is 1.56. The molecule has 2 aromatic heterocycles. The number of anilines is 2. The van der Waals surface area contributed by atoms with Crippen molar-refractivity contribution in [3.63, 3.8) is 0 Å². The van der Waals surface area contributed by atoms with E-state index < -0.39 is 5.97 Å². The molecule has 18 heavy (non-hydrogen) atoms. The molecule has 0 radical (unpaired) electrons. The molecular weight excluding hydrogens is 252 g/mol. The molecule has 6 nitrogen and oxygen atoms in total. The number of thiazole rings is 1. The Morgan fingerprint density at radius 1 is 1.56 bits per heavy atom. The van der Waals surface area contributed by atoms with Crippen LogP contribution in [0.25, 0.3) is 0 Å². The van der Waals surface area contributed by atoms with Gasteiger partial charge in [-0.05, 0) is 13.0 Å². The lowest BCUT2D eigenvalue weighted by Gasteiger charge is -2.08. The average molecular weight is 264 g/mol. The van der Waals surface area contributed by atoms with Crippen LogP contribution >= 0.6 is 11.3 Å². The standard InChI is InChI=1S/C11H12N4O2S/c1-6-14-4-7(18-6)5-15-10-9(12)8(11(16)17)2-3-13-10/h2-4H,5,12H2,1H3,(H,13,15)(H,16,17). The van der Waals surface area contributed by atoms with E-state index in [0.717, 1.165) is 9.88 Å². The van der Waals surface area contributed by atoms with E-state index in [-0.39, 0.29) is 11.3 Å². The zero-order chi connectivity index (χ0) is 13.1. The van der Waals surface area contributed by atoms with Gasteiger partial charge in [0.2, 0.25) is 0 Å². The topological polar surface area (TPSA) is 101 Å². The van der Waals surface area contributed by atoms with Crippen molar-refractivity contribution in [1.29, 1.82) is 0 Å². The molecule has 0 aliphatic rings. The number of nitrogens with two attached hydrogens (primary N) is 1. The Bertz CT molecular complexity index is 582. The fraction of sp³-hybridized carbons (Fsp3) is 0.182. The first kappa shape index (κ1) is 12.3. The quantitative estimate of drug-likeness (QED) is 0.777. The fourth-order valence-electron chi connectivity index (χ4n) is 1.46. The number of nitrogens with one attached hydrogen (secondary N) is 1. The molecule has 0 aliphatic carbocycles. The third-order valence-electron chi connectivity index (χ3n) is 2.32. The highest BCUT2D eigenvalue weighted by molar-refractivity contribution is 7.11. The van der Waals surface area contributed by atoms with Crippen LogP contribution in [0.4, 0.5) is 11.5 Å². The van der Waals surface area contributed by atoms with Crippen LogP contribution in [0.1, 0.15) is 20.2 Å². The number of aryl methyl sites for hydroxylation is 1. The maximum absolute atomic E-state index is 10.9. The predicted molar refractivity (Wildman–Crippen MR) is 69.8 cm³/mol. The molecule has 0 amide bonds. The number of carbonyl (C=O) groups is 1. The van der Waals surface area contributed by atoms with E-state index in [2.05, 4.69) is 15.3 Å². The zero-order valence-electron chi connectivity index (χ0n) is 9.67. The van der Waals surface area contributed by atoms with Gasteiger partial charge in [-0.3, -0.25) is 0 Å². The number of aromatic carboxylic acids is 1. The Labute approximate surface area is 108 Å². The molecule has 2 aromatic rings. The highest BCUT2D eigenvalue weighted by Crippen LogP contribution is 2.21. The predicted octanol–water partition coefficient (Wildman–Crippen LogP) is 1.74. The van der Waals surface area contributed by atoms with Crippen LogP contribution in [0, 0.1) is 6.92 Å². The Kier molecular flexibility index (Phi) is 3.42. The normalized spacial score (nSPS) is 10.3. The molecule has 7 heteroatoms. The number of rotatable bonds is 4. The van der Waals surface area contributed by atoms with Crippen molar-refractivity contribution in [2.75, 3.05) is 11.1 Å². The van der Waals surface area contributed by atoms with Crippen LogP contribution in [-0.2, 0) is 6.54 Å². The summed E-state index contributed by atoms with van der Waals surface area (Å²) in [6.07, 6.45) is 3.18. The molecule has 4 N–H and O–H groups in total. The highest BCUT2D eigenvalue weighted by atomic mass is 32.1. The van der Waals surface area contributed by atoms with Gasteiger partial charge in [-0.2, -0.15) is 0 Å². The summed E-state index contributed by atoms with van der Waals surface area (Å²) in [7, 11) is 0. The van der Waals surface area contributed by atoms with Gasteiger partial charge in [-0.15, -0.1) is 11.3 Å². The van der Waals surface area contributed by atoms with Gasteiger partial charge < -0.3 is 16.2 Å². The Balaban J connectivity index is 2.14. The summed E-state index contributed by atoms with van der Waals surface area (Å²) < 4.78 is 0. The summed E-state index contributed by atoms with van der Waals surface area (Å²) in [6.45, 7) is 2.44. The van der Waals surface area contributed by atoms with E-state index in [9.17, 15) is 4.79 Å². The van der Waals surface area contributed by atoms with Crippen LogP contribution in [0.2, 0.25) is 0 Å². The average Bonchev–Trinajstić information content (AvgIpc) is 2.73. The molecule has 0 saturated carbocycles. The van der Waals surface area contributed by atoms with Crippen molar-refractivity contribution in [1.82, 2.24) is 9.97 Å². The number of hydrogen-bond donors (Lipinski definition) is 3. The van der Waals surface area contributed by atoms with Gasteiger partial charge in [0.05, 0.1) is 22.8 Å². The number of nitrogen functional groups attached to an aromatic ring is 1. The van der Waals surface area contributed by atoms with Crippen molar-refractivity contribution in [2.45, 2.75) is 13.5 Å². The smallest absolute Gasteiger partial charge is 0.337 e. The van der Waals surface area contributed by atoms with Crippen molar-refractivity contribution >= 4 is 28.8 Å². The van der Waals surface area contributed by atoms with Gasteiger partial charge in [0.1, 0.15) is 5.82 Å². The van der Waals surface area contributed by atoms with Gasteiger partial charge in [0.25, 0.3) is 0 Å². The zero-order valence-corrected chi connectivity index (χ0v) is 10.5. The second-order valence-corrected chi connectivity index (χ2v) is 4.94. The molecular formula is C11H12N4O2S. The van der Waals surface area contributed by atoms with E-state index in [0.29, 0.717) is 12.4 Å². The molecule has 2 rings (SSSR count). The SMILES string of the molecule is Cc1ncc(CNc2nccc(C(=O)O)c2N)s1. The second kappa shape index (κ2) is 5.01. The molecule has 0 spiro atoms. The Hall–Kier alpha value is -2.15. The van der Waals surface area contributed by atoms with Crippen LogP contribution < -0.4 is 11.1 Å². The lowest BCUT2D eigenvalue weighted by Crippen LogP contribution is -2.08. The second-order valence-electron chi connectivity index (χ2n) is 3.63. The van der Waals surface area contributed by atoms with E-state index in [1.54, 1.807) is 17.5 Å². The molecule has 0 aromatic carbocycles. The van der Waals surface area contributed by atoms with E-state index in [1.807, 2.05) is 6.92 Å². The lowest BCUT2D eigenvalue weighted by molar-refractivity contribution is 0.0698. The first-order valence-corrected chi connectivity index (χ1v) is 6.02. The highest BCUT2D eigenvalue weighted by Gasteiger charge is 2.12. The first-order chi connectivity index (χ1) is 8.58. The molecule has 0 fully saturated rings. The number of aromatic nitrogens is 2. The summed E-state index contributed by atoms with van der Waals surface area (Å²) in [5.41, 5.74) is 5.93. The number of pyridine rings is 1. The molecule has 94 valence electrons. The van der Waals surface area contributed by atoms with Gasteiger partial charge >= 0.3 is 5.97 Å². The number of carboxylic acids is 1. The first-order valence-electron chi connectivity index (χ1n) is 5.21. The fourth-order valence-corrected chi connectivity index (χ4v) is 2.19. The Morgan fingerprint density at radius 2 is 2.33 bits per heavy atom. The number of hydrogen-bond acceptors (Lipinski definition) is 6. The number of carboxylic acid groups (broad SMARTS) is 1. The van der Waals surface area contributed by atoms with Gasteiger partial charge in [-0.25, -0.2) is 14.8 Å². The molecule has 0 unspecified atom stereocenters. The minimum absolute atomic E-state index is 0.0491. The third-order valence-corrected chi connectivity index (χ3v) is 3.23. The van der Waals surface area contributed by atoms with Crippen molar-refractivity contribution in [3.05, 3.63) is 33.9 Å². The molecule has 0 bridgehead atoms.